The van der Waals surface area contributed by atoms with Crippen molar-refractivity contribution in [3.8, 4) is 0 Å². The minimum absolute atomic E-state index is 0.0318. The molecule has 1 aliphatic rings. The van der Waals surface area contributed by atoms with E-state index in [1.165, 1.54) is 12.0 Å². The van der Waals surface area contributed by atoms with Gasteiger partial charge in [-0.15, -0.1) is 0 Å². The second-order valence-electron chi connectivity index (χ2n) is 7.41. The number of esters is 2. The maximum Gasteiger partial charge on any atom is 0.333 e. The molecule has 6 heteroatoms. The molecule has 0 bridgehead atoms. The zero-order chi connectivity index (χ0) is 19.5. The van der Waals surface area contributed by atoms with Crippen LogP contribution in [0.3, 0.4) is 0 Å². The third-order valence-corrected chi connectivity index (χ3v) is 4.61. The molecule has 2 atom stereocenters. The van der Waals surface area contributed by atoms with E-state index in [2.05, 4.69) is 20.8 Å². The molecule has 1 fully saturated rings. The molecule has 0 aromatic heterocycles. The van der Waals surface area contributed by atoms with Crippen molar-refractivity contribution < 1.29 is 23.9 Å². The van der Waals surface area contributed by atoms with Crippen molar-refractivity contribution in [3.05, 3.63) is 35.4 Å². The Hall–Kier alpha value is -2.37. The smallest absolute Gasteiger partial charge is 0.333 e. The highest BCUT2D eigenvalue weighted by Gasteiger charge is 2.45. The molecule has 1 aromatic carbocycles. The summed E-state index contributed by atoms with van der Waals surface area (Å²) in [7, 11) is 1.28. The summed E-state index contributed by atoms with van der Waals surface area (Å²) >= 11 is 0. The van der Waals surface area contributed by atoms with Crippen LogP contribution >= 0.6 is 0 Å². The molecule has 1 saturated heterocycles. The van der Waals surface area contributed by atoms with Gasteiger partial charge >= 0.3 is 11.9 Å². The lowest BCUT2D eigenvalue weighted by atomic mass is 9.86. The minimum atomic E-state index is -0.955. The molecule has 0 radical (unpaired) electrons. The van der Waals surface area contributed by atoms with Crippen LogP contribution in [0.2, 0.25) is 0 Å². The Bertz CT molecular complexity index is 674. The van der Waals surface area contributed by atoms with Gasteiger partial charge in [0.15, 0.2) is 6.04 Å². The topological polar surface area (TPSA) is 72.9 Å². The van der Waals surface area contributed by atoms with E-state index in [9.17, 15) is 14.4 Å². The van der Waals surface area contributed by atoms with Crippen LogP contribution in [0.5, 0.6) is 0 Å². The first-order chi connectivity index (χ1) is 12.2. The monoisotopic (exact) mass is 361 g/mol. The van der Waals surface area contributed by atoms with Crippen LogP contribution in [0.15, 0.2) is 24.3 Å². The Morgan fingerprint density at radius 1 is 1.23 bits per heavy atom. The second-order valence-corrected chi connectivity index (χ2v) is 7.41. The third-order valence-electron chi connectivity index (χ3n) is 4.61. The van der Waals surface area contributed by atoms with E-state index in [0.29, 0.717) is 12.0 Å². The Morgan fingerprint density at radius 2 is 1.85 bits per heavy atom. The molecule has 1 aromatic rings. The minimum Gasteiger partial charge on any atom is -0.467 e. The fourth-order valence-corrected chi connectivity index (χ4v) is 3.19. The fourth-order valence-electron chi connectivity index (χ4n) is 3.19. The van der Waals surface area contributed by atoms with E-state index < -0.39 is 24.0 Å². The van der Waals surface area contributed by atoms with E-state index in [-0.39, 0.29) is 24.3 Å². The van der Waals surface area contributed by atoms with Gasteiger partial charge in [0.2, 0.25) is 5.91 Å². The maximum atomic E-state index is 12.6. The highest BCUT2D eigenvalue weighted by molar-refractivity contribution is 5.92. The number of likely N-dealkylation sites (tertiary alicyclic amines) is 1. The van der Waals surface area contributed by atoms with Gasteiger partial charge in [-0.05, 0) is 29.9 Å². The van der Waals surface area contributed by atoms with Crippen LogP contribution in [0.1, 0.15) is 57.7 Å². The highest BCUT2D eigenvalue weighted by atomic mass is 16.5. The van der Waals surface area contributed by atoms with Crippen molar-refractivity contribution >= 4 is 17.8 Å². The van der Waals surface area contributed by atoms with Crippen molar-refractivity contribution in [1.29, 1.82) is 0 Å². The second kappa shape index (κ2) is 7.89. The number of carbonyl (C=O) groups excluding carboxylic acids is 3. The number of amides is 1. The van der Waals surface area contributed by atoms with Crippen LogP contribution in [-0.2, 0) is 29.3 Å². The summed E-state index contributed by atoms with van der Waals surface area (Å²) in [6.07, 6.45) is 0.539. The van der Waals surface area contributed by atoms with Crippen LogP contribution in [0.4, 0.5) is 0 Å². The summed E-state index contributed by atoms with van der Waals surface area (Å²) in [5.74, 6) is -1.31. The first-order valence-electron chi connectivity index (χ1n) is 8.86. The number of nitrogens with zero attached hydrogens (tertiary/aromatic N) is 1. The lowest BCUT2D eigenvalue weighted by Gasteiger charge is -2.31. The molecular weight excluding hydrogens is 334 g/mol. The molecule has 1 aliphatic heterocycles. The molecule has 1 amide bonds. The molecule has 0 N–H and O–H groups in total. The zero-order valence-electron chi connectivity index (χ0n) is 16.1. The Morgan fingerprint density at radius 3 is 2.35 bits per heavy atom. The summed E-state index contributed by atoms with van der Waals surface area (Å²) in [4.78, 5) is 38.5. The van der Waals surface area contributed by atoms with Gasteiger partial charge in [-0.3, -0.25) is 4.79 Å². The van der Waals surface area contributed by atoms with E-state index in [1.807, 2.05) is 24.3 Å². The number of methoxy groups -OCH3 is 1. The summed E-state index contributed by atoms with van der Waals surface area (Å²) in [6.45, 7) is 8.20. The largest absolute Gasteiger partial charge is 0.467 e. The number of benzene rings is 1. The normalized spacial score (nSPS) is 18.6. The van der Waals surface area contributed by atoms with Gasteiger partial charge in [0, 0.05) is 6.42 Å². The summed E-state index contributed by atoms with van der Waals surface area (Å²) < 4.78 is 10.0. The molecule has 26 heavy (non-hydrogen) atoms. The van der Waals surface area contributed by atoms with Gasteiger partial charge in [0.25, 0.3) is 0 Å². The molecule has 1 heterocycles. The first kappa shape index (κ1) is 19.9. The standard InChI is InChI=1S/C20H27NO5/c1-6-26-19(24)17(13-7-9-14(10-8-13)20(2,3)4)21-15(18(23)25-5)11-12-16(21)22/h7-10,15,17H,6,11-12H2,1-5H3. The Balaban J connectivity index is 2.44. The van der Waals surface area contributed by atoms with Crippen molar-refractivity contribution in [1.82, 2.24) is 4.90 Å². The van der Waals surface area contributed by atoms with Gasteiger partial charge in [0.05, 0.1) is 13.7 Å². The molecule has 142 valence electrons. The number of carbonyl (C=O) groups is 3. The summed E-state index contributed by atoms with van der Waals surface area (Å²) in [5.41, 5.74) is 1.71. The highest BCUT2D eigenvalue weighted by Crippen LogP contribution is 2.33. The van der Waals surface area contributed by atoms with E-state index >= 15 is 0 Å². The predicted octanol–water partition coefficient (Wildman–Crippen LogP) is 2.75. The first-order valence-corrected chi connectivity index (χ1v) is 8.86. The Labute approximate surface area is 154 Å². The average molecular weight is 361 g/mol. The Kier molecular flexibility index (Phi) is 6.05. The molecular formula is C20H27NO5. The van der Waals surface area contributed by atoms with Crippen LogP contribution < -0.4 is 0 Å². The quantitative estimate of drug-likeness (QED) is 0.754. The maximum absolute atomic E-state index is 12.6. The van der Waals surface area contributed by atoms with Crippen LogP contribution in [-0.4, -0.2) is 42.5 Å². The molecule has 0 saturated carbocycles. The van der Waals surface area contributed by atoms with Gasteiger partial charge in [-0.2, -0.15) is 0 Å². The van der Waals surface area contributed by atoms with E-state index in [4.69, 9.17) is 9.47 Å². The van der Waals surface area contributed by atoms with E-state index in [1.54, 1.807) is 6.92 Å². The lowest BCUT2D eigenvalue weighted by molar-refractivity contribution is -0.160. The molecule has 6 nitrogen and oxygen atoms in total. The number of rotatable bonds is 5. The number of hydrogen-bond donors (Lipinski definition) is 0. The molecule has 2 unspecified atom stereocenters. The van der Waals surface area contributed by atoms with Gasteiger partial charge in [0.1, 0.15) is 6.04 Å². The molecule has 2 rings (SSSR count). The summed E-state index contributed by atoms with van der Waals surface area (Å²) in [6, 6.07) is 5.79. The van der Waals surface area contributed by atoms with Crippen LogP contribution in [0, 0.1) is 0 Å². The SMILES string of the molecule is CCOC(=O)C(c1ccc(C(C)(C)C)cc1)N1C(=O)CCC1C(=O)OC. The predicted molar refractivity (Wildman–Crippen MR) is 96.4 cm³/mol. The van der Waals surface area contributed by atoms with Crippen molar-refractivity contribution in [3.63, 3.8) is 0 Å². The fraction of sp³-hybridized carbons (Fsp3) is 0.550. The third kappa shape index (κ3) is 4.06. The molecule has 0 spiro atoms. The average Bonchev–Trinajstić information content (AvgIpc) is 2.96. The van der Waals surface area contributed by atoms with E-state index in [0.717, 1.165) is 5.56 Å². The van der Waals surface area contributed by atoms with Gasteiger partial charge < -0.3 is 14.4 Å². The number of hydrogen-bond acceptors (Lipinski definition) is 5. The van der Waals surface area contributed by atoms with Crippen LogP contribution in [0.25, 0.3) is 0 Å². The van der Waals surface area contributed by atoms with Gasteiger partial charge in [-0.1, -0.05) is 45.0 Å². The van der Waals surface area contributed by atoms with Gasteiger partial charge in [-0.25, -0.2) is 9.59 Å². The molecule has 0 aliphatic carbocycles. The van der Waals surface area contributed by atoms with Crippen molar-refractivity contribution in [2.24, 2.45) is 0 Å². The zero-order valence-corrected chi connectivity index (χ0v) is 16.1. The lowest BCUT2D eigenvalue weighted by Crippen LogP contribution is -2.45. The summed E-state index contributed by atoms with van der Waals surface area (Å²) in [5, 5.41) is 0. The number of ether oxygens (including phenoxy) is 2. The van der Waals surface area contributed by atoms with Crippen molar-refractivity contribution in [2.45, 2.75) is 58.0 Å². The van der Waals surface area contributed by atoms with Crippen molar-refractivity contribution in [2.75, 3.05) is 13.7 Å².